The zero-order valence-corrected chi connectivity index (χ0v) is 17.8. The van der Waals surface area contributed by atoms with Crippen molar-refractivity contribution >= 4 is 45.3 Å². The summed E-state index contributed by atoms with van der Waals surface area (Å²) in [6.07, 6.45) is 3.07. The number of hydrogen-bond acceptors (Lipinski definition) is 5. The summed E-state index contributed by atoms with van der Waals surface area (Å²) in [4.78, 5) is 12.2. The Morgan fingerprint density at radius 2 is 1.37 bits per heavy atom. The Bertz CT molecular complexity index is 1050. The Balaban J connectivity index is 1.43. The van der Waals surface area contributed by atoms with E-state index in [1.807, 2.05) is 34.0 Å². The predicted octanol–water partition coefficient (Wildman–Crippen LogP) is 8.57. The first kappa shape index (κ1) is 18.5. The van der Waals surface area contributed by atoms with Crippen molar-refractivity contribution in [3.63, 3.8) is 0 Å². The van der Waals surface area contributed by atoms with E-state index in [0.717, 1.165) is 19.3 Å². The van der Waals surface area contributed by atoms with Gasteiger partial charge < -0.3 is 0 Å². The zero-order valence-electron chi connectivity index (χ0n) is 14.5. The van der Waals surface area contributed by atoms with Crippen LogP contribution in [0.5, 0.6) is 0 Å². The minimum absolute atomic E-state index is 0.595. The molecule has 4 rings (SSSR count). The Labute approximate surface area is 174 Å². The lowest BCUT2D eigenvalue weighted by molar-refractivity contribution is 0.748. The molecule has 0 fully saturated rings. The van der Waals surface area contributed by atoms with Crippen LogP contribution < -0.4 is 0 Å². The molecule has 3 nitrogen and oxygen atoms in total. The van der Waals surface area contributed by atoms with Crippen molar-refractivity contribution in [1.29, 1.82) is 0 Å². The van der Waals surface area contributed by atoms with Gasteiger partial charge in [0.25, 0.3) is 0 Å². The third-order valence-electron chi connectivity index (χ3n) is 4.12. The molecule has 0 aliphatic rings. The molecule has 4 heterocycles. The highest BCUT2D eigenvalue weighted by Crippen LogP contribution is 2.42. The highest BCUT2D eigenvalue weighted by Gasteiger charge is 2.10. The molecule has 0 unspecified atom stereocenters. The molecule has 0 bridgehead atoms. The molecule has 0 aliphatic carbocycles. The maximum absolute atomic E-state index is 8.31. The number of aryl methyl sites for hydroxylation is 1. The molecule has 0 spiro atoms. The van der Waals surface area contributed by atoms with Crippen LogP contribution >= 0.6 is 45.3 Å². The standard InChI is InChI=1S/C20H17N3S4/c21-23-22-12-2-1-4-14-6-7-17(25-14)18-10-11-20(27-18)19-9-8-16(26-19)15-5-3-13-24-15/h3,5-11,13H,1-2,4,12H2. The molecule has 4 aromatic rings. The Kier molecular flexibility index (Phi) is 6.07. The minimum Gasteiger partial charge on any atom is -0.143 e. The molecule has 0 N–H and O–H groups in total. The summed E-state index contributed by atoms with van der Waals surface area (Å²) in [5.41, 5.74) is 8.31. The number of rotatable bonds is 8. The Hall–Kier alpha value is -1.89. The summed E-state index contributed by atoms with van der Waals surface area (Å²) < 4.78 is 0. The van der Waals surface area contributed by atoms with Gasteiger partial charge in [-0.1, -0.05) is 11.2 Å². The van der Waals surface area contributed by atoms with Gasteiger partial charge in [-0.2, -0.15) is 0 Å². The maximum atomic E-state index is 8.31. The third-order valence-corrected chi connectivity index (χ3v) is 8.89. The number of unbranched alkanes of at least 4 members (excludes halogenated alkanes) is 1. The van der Waals surface area contributed by atoms with E-state index in [9.17, 15) is 0 Å². The second-order valence-electron chi connectivity index (χ2n) is 5.98. The van der Waals surface area contributed by atoms with E-state index in [0.29, 0.717) is 6.54 Å². The summed E-state index contributed by atoms with van der Waals surface area (Å²) in [6, 6.07) is 17.7. The van der Waals surface area contributed by atoms with Crippen molar-refractivity contribution in [3.05, 3.63) is 69.2 Å². The number of hydrogen-bond donors (Lipinski definition) is 0. The van der Waals surface area contributed by atoms with E-state index < -0.39 is 0 Å². The van der Waals surface area contributed by atoms with E-state index in [-0.39, 0.29) is 0 Å². The van der Waals surface area contributed by atoms with Gasteiger partial charge in [-0.25, -0.2) is 0 Å². The molecule has 7 heteroatoms. The van der Waals surface area contributed by atoms with Gasteiger partial charge in [-0.05, 0) is 72.6 Å². The molecular formula is C20H17N3S4. The fraction of sp³-hybridized carbons (Fsp3) is 0.200. The van der Waals surface area contributed by atoms with Gasteiger partial charge in [0.15, 0.2) is 0 Å². The molecule has 0 amide bonds. The van der Waals surface area contributed by atoms with Crippen LogP contribution in [0.15, 0.2) is 59.0 Å². The van der Waals surface area contributed by atoms with Crippen molar-refractivity contribution in [2.24, 2.45) is 5.11 Å². The minimum atomic E-state index is 0.595. The summed E-state index contributed by atoms with van der Waals surface area (Å²) >= 11 is 7.40. The fourth-order valence-electron chi connectivity index (χ4n) is 2.80. The summed E-state index contributed by atoms with van der Waals surface area (Å²) in [7, 11) is 0. The summed E-state index contributed by atoms with van der Waals surface area (Å²) in [5, 5.41) is 5.72. The van der Waals surface area contributed by atoms with Crippen molar-refractivity contribution in [3.8, 4) is 29.3 Å². The van der Waals surface area contributed by atoms with Crippen LogP contribution in [0.1, 0.15) is 17.7 Å². The van der Waals surface area contributed by atoms with Crippen LogP contribution in [-0.2, 0) is 6.42 Å². The van der Waals surface area contributed by atoms with Gasteiger partial charge in [0.05, 0.1) is 0 Å². The second-order valence-corrected chi connectivity index (χ2v) is 10.3. The molecule has 0 aromatic carbocycles. The van der Waals surface area contributed by atoms with Crippen LogP contribution in [-0.4, -0.2) is 6.54 Å². The molecule has 0 radical (unpaired) electrons. The Morgan fingerprint density at radius 3 is 2.00 bits per heavy atom. The number of thiophene rings is 4. The molecule has 0 saturated heterocycles. The second kappa shape index (κ2) is 8.87. The normalized spacial score (nSPS) is 10.8. The van der Waals surface area contributed by atoms with Crippen molar-refractivity contribution in [2.75, 3.05) is 6.54 Å². The summed E-state index contributed by atoms with van der Waals surface area (Å²) in [5.74, 6) is 0. The largest absolute Gasteiger partial charge is 0.143 e. The Morgan fingerprint density at radius 1 is 0.741 bits per heavy atom. The molecule has 27 heavy (non-hydrogen) atoms. The molecule has 0 aliphatic heterocycles. The molecular weight excluding hydrogens is 411 g/mol. The predicted molar refractivity (Wildman–Crippen MR) is 121 cm³/mol. The van der Waals surface area contributed by atoms with Crippen LogP contribution in [0.3, 0.4) is 0 Å². The average Bonchev–Trinajstić information content (AvgIpc) is 3.48. The zero-order chi connectivity index (χ0) is 18.5. The van der Waals surface area contributed by atoms with Gasteiger partial charge in [-0.3, -0.25) is 0 Å². The highest BCUT2D eigenvalue weighted by atomic mass is 32.1. The molecule has 0 saturated carbocycles. The monoisotopic (exact) mass is 427 g/mol. The third kappa shape index (κ3) is 4.51. The smallest absolute Gasteiger partial charge is 0.0449 e. The van der Waals surface area contributed by atoms with E-state index in [1.54, 1.807) is 11.3 Å². The number of azide groups is 1. The van der Waals surface area contributed by atoms with Gasteiger partial charge in [0.2, 0.25) is 0 Å². The van der Waals surface area contributed by atoms with Crippen LogP contribution in [0.4, 0.5) is 0 Å². The van der Waals surface area contributed by atoms with Gasteiger partial charge in [-0.15, -0.1) is 45.3 Å². The van der Waals surface area contributed by atoms with Crippen LogP contribution in [0.25, 0.3) is 39.7 Å². The van der Waals surface area contributed by atoms with Crippen LogP contribution in [0.2, 0.25) is 0 Å². The molecule has 4 aromatic heterocycles. The SMILES string of the molecule is [N-]=[N+]=NCCCCc1ccc(-c2ccc(-c3ccc(-c4cccs4)s3)s2)s1. The van der Waals surface area contributed by atoms with Crippen LogP contribution in [0, 0.1) is 0 Å². The number of nitrogens with zero attached hydrogens (tertiary/aromatic N) is 3. The lowest BCUT2D eigenvalue weighted by Crippen LogP contribution is -1.83. The van der Waals surface area contributed by atoms with Crippen molar-refractivity contribution in [1.82, 2.24) is 0 Å². The van der Waals surface area contributed by atoms with Gasteiger partial charge in [0, 0.05) is 45.6 Å². The fourth-order valence-corrected chi connectivity index (χ4v) is 6.87. The van der Waals surface area contributed by atoms with E-state index in [1.165, 1.54) is 34.1 Å². The van der Waals surface area contributed by atoms with Gasteiger partial charge in [0.1, 0.15) is 0 Å². The van der Waals surface area contributed by atoms with E-state index in [4.69, 9.17) is 5.53 Å². The maximum Gasteiger partial charge on any atom is 0.0449 e. The first-order valence-corrected chi connectivity index (χ1v) is 12.0. The highest BCUT2D eigenvalue weighted by molar-refractivity contribution is 7.28. The molecule has 136 valence electrons. The van der Waals surface area contributed by atoms with Gasteiger partial charge >= 0.3 is 0 Å². The lowest BCUT2D eigenvalue weighted by Gasteiger charge is -1.95. The van der Waals surface area contributed by atoms with E-state index in [2.05, 4.69) is 63.9 Å². The first-order chi connectivity index (χ1) is 13.3. The topological polar surface area (TPSA) is 48.8 Å². The first-order valence-electron chi connectivity index (χ1n) is 8.67. The van der Waals surface area contributed by atoms with Crippen molar-refractivity contribution < 1.29 is 0 Å². The quantitative estimate of drug-likeness (QED) is 0.117. The lowest BCUT2D eigenvalue weighted by atomic mass is 10.2. The van der Waals surface area contributed by atoms with E-state index >= 15 is 0 Å². The summed E-state index contributed by atoms with van der Waals surface area (Å²) in [6.45, 7) is 0.595. The van der Waals surface area contributed by atoms with Crippen molar-refractivity contribution in [2.45, 2.75) is 19.3 Å². The average molecular weight is 428 g/mol. The molecule has 0 atom stereocenters.